The molecule has 0 saturated heterocycles. The first-order chi connectivity index (χ1) is 8.80. The minimum Gasteiger partial charge on any atom is -0.508 e. The average molecular weight is 268 g/mol. The van der Waals surface area contributed by atoms with Crippen molar-refractivity contribution in [1.29, 1.82) is 0 Å². The highest BCUT2D eigenvalue weighted by Gasteiger charge is 2.24. The van der Waals surface area contributed by atoms with Gasteiger partial charge in [0.05, 0.1) is 0 Å². The molecule has 0 bridgehead atoms. The molecule has 1 aromatic rings. The summed E-state index contributed by atoms with van der Waals surface area (Å²) in [5.41, 5.74) is 6.37. The molecule has 0 amide bonds. The van der Waals surface area contributed by atoms with Gasteiger partial charge in [0, 0.05) is 24.2 Å². The number of nitrogens with two attached hydrogens (primary N) is 1. The third-order valence-electron chi connectivity index (χ3n) is 3.57. The summed E-state index contributed by atoms with van der Waals surface area (Å²) in [5, 5.41) is 9.27. The Morgan fingerprint density at radius 3 is 2.53 bits per heavy atom. The van der Waals surface area contributed by atoms with Crippen LogP contribution in [0.4, 0.5) is 4.39 Å². The summed E-state index contributed by atoms with van der Waals surface area (Å²) in [4.78, 5) is 2.20. The van der Waals surface area contributed by atoms with Crippen LogP contribution in [0.25, 0.3) is 0 Å². The number of benzene rings is 1. The van der Waals surface area contributed by atoms with Gasteiger partial charge in [-0.25, -0.2) is 4.39 Å². The van der Waals surface area contributed by atoms with Gasteiger partial charge in [0.1, 0.15) is 11.6 Å². The Bertz CT molecular complexity index is 421. The minimum atomic E-state index is -0.364. The van der Waals surface area contributed by atoms with Crippen LogP contribution in [0.1, 0.15) is 39.3 Å². The number of phenolic OH excluding ortho intramolecular Hbond substituents is 1. The maximum atomic E-state index is 13.9. The Morgan fingerprint density at radius 2 is 2.05 bits per heavy atom. The summed E-state index contributed by atoms with van der Waals surface area (Å²) < 4.78 is 13.9. The summed E-state index contributed by atoms with van der Waals surface area (Å²) in [6.07, 6.45) is 0. The number of hydrogen-bond acceptors (Lipinski definition) is 3. The lowest BCUT2D eigenvalue weighted by atomic mass is 9.91. The largest absolute Gasteiger partial charge is 0.508 e. The van der Waals surface area contributed by atoms with Gasteiger partial charge in [-0.05, 0) is 31.5 Å². The van der Waals surface area contributed by atoms with Crippen LogP contribution in [-0.4, -0.2) is 29.6 Å². The Balaban J connectivity index is 2.92. The first-order valence-corrected chi connectivity index (χ1v) is 6.73. The molecule has 1 atom stereocenters. The van der Waals surface area contributed by atoms with Gasteiger partial charge in [-0.2, -0.15) is 0 Å². The maximum absolute atomic E-state index is 13.9. The molecule has 0 saturated carbocycles. The standard InChI is InChI=1S/C15H25FN2O/c1-5-18(10-15(3,4)9-17)11(2)13-7-6-12(19)8-14(13)16/h6-8,11,19H,5,9-10,17H2,1-4H3. The molecule has 0 radical (unpaired) electrons. The monoisotopic (exact) mass is 268 g/mol. The normalized spacial score (nSPS) is 13.8. The zero-order chi connectivity index (χ0) is 14.6. The molecule has 1 aromatic carbocycles. The van der Waals surface area contributed by atoms with Crippen LogP contribution in [-0.2, 0) is 0 Å². The van der Waals surface area contributed by atoms with Crippen LogP contribution in [0.5, 0.6) is 5.75 Å². The molecule has 0 aliphatic carbocycles. The third-order valence-corrected chi connectivity index (χ3v) is 3.57. The van der Waals surface area contributed by atoms with Gasteiger partial charge in [-0.15, -0.1) is 0 Å². The quantitative estimate of drug-likeness (QED) is 0.834. The van der Waals surface area contributed by atoms with E-state index < -0.39 is 0 Å². The lowest BCUT2D eigenvalue weighted by Crippen LogP contribution is -2.40. The van der Waals surface area contributed by atoms with E-state index in [9.17, 15) is 9.50 Å². The summed E-state index contributed by atoms with van der Waals surface area (Å²) in [5.74, 6) is -0.407. The van der Waals surface area contributed by atoms with Crippen LogP contribution in [0, 0.1) is 11.2 Å². The van der Waals surface area contributed by atoms with E-state index in [0.29, 0.717) is 12.1 Å². The lowest BCUT2D eigenvalue weighted by molar-refractivity contribution is 0.145. The van der Waals surface area contributed by atoms with Crippen LogP contribution in [0.2, 0.25) is 0 Å². The molecule has 0 aliphatic heterocycles. The molecule has 0 spiro atoms. The van der Waals surface area contributed by atoms with Crippen molar-refractivity contribution in [1.82, 2.24) is 4.90 Å². The fraction of sp³-hybridized carbons (Fsp3) is 0.600. The first kappa shape index (κ1) is 15.9. The predicted molar refractivity (Wildman–Crippen MR) is 76.6 cm³/mol. The topological polar surface area (TPSA) is 49.5 Å². The molecule has 0 heterocycles. The van der Waals surface area contributed by atoms with Gasteiger partial charge < -0.3 is 10.8 Å². The molecule has 3 nitrogen and oxygen atoms in total. The van der Waals surface area contributed by atoms with Crippen molar-refractivity contribution in [3.8, 4) is 5.75 Å². The molecular weight excluding hydrogens is 243 g/mol. The Labute approximate surface area is 115 Å². The summed E-state index contributed by atoms with van der Waals surface area (Å²) >= 11 is 0. The Hall–Kier alpha value is -1.13. The number of phenols is 1. The highest BCUT2D eigenvalue weighted by atomic mass is 19.1. The molecule has 0 aromatic heterocycles. The highest BCUT2D eigenvalue weighted by Crippen LogP contribution is 2.28. The molecule has 1 unspecified atom stereocenters. The molecule has 4 heteroatoms. The van der Waals surface area contributed by atoms with Crippen LogP contribution in [0.15, 0.2) is 18.2 Å². The van der Waals surface area contributed by atoms with Crippen molar-refractivity contribution < 1.29 is 9.50 Å². The van der Waals surface area contributed by atoms with Crippen molar-refractivity contribution in [3.05, 3.63) is 29.6 Å². The predicted octanol–water partition coefficient (Wildman–Crippen LogP) is 2.90. The lowest BCUT2D eigenvalue weighted by Gasteiger charge is -2.35. The zero-order valence-electron chi connectivity index (χ0n) is 12.3. The van der Waals surface area contributed by atoms with Crippen molar-refractivity contribution in [2.24, 2.45) is 11.1 Å². The van der Waals surface area contributed by atoms with E-state index in [1.807, 2.05) is 6.92 Å². The maximum Gasteiger partial charge on any atom is 0.131 e. The van der Waals surface area contributed by atoms with E-state index in [0.717, 1.165) is 19.2 Å². The molecule has 19 heavy (non-hydrogen) atoms. The smallest absolute Gasteiger partial charge is 0.131 e. The van der Waals surface area contributed by atoms with Crippen LogP contribution in [0.3, 0.4) is 0 Å². The summed E-state index contributed by atoms with van der Waals surface area (Å²) in [6.45, 7) is 10.5. The van der Waals surface area contributed by atoms with Crippen molar-refractivity contribution in [3.63, 3.8) is 0 Å². The van der Waals surface area contributed by atoms with E-state index in [1.165, 1.54) is 6.07 Å². The van der Waals surface area contributed by atoms with Crippen molar-refractivity contribution in [2.75, 3.05) is 19.6 Å². The number of nitrogens with zero attached hydrogens (tertiary/aromatic N) is 1. The van der Waals surface area contributed by atoms with Gasteiger partial charge in [-0.3, -0.25) is 4.90 Å². The number of halogens is 1. The zero-order valence-corrected chi connectivity index (χ0v) is 12.3. The summed E-state index contributed by atoms with van der Waals surface area (Å²) in [7, 11) is 0. The van der Waals surface area contributed by atoms with E-state index in [4.69, 9.17) is 5.73 Å². The number of rotatable bonds is 6. The van der Waals surface area contributed by atoms with Crippen LogP contribution >= 0.6 is 0 Å². The number of aromatic hydroxyl groups is 1. The second kappa shape index (κ2) is 6.35. The van der Waals surface area contributed by atoms with E-state index >= 15 is 0 Å². The van der Waals surface area contributed by atoms with Crippen molar-refractivity contribution >= 4 is 0 Å². The average Bonchev–Trinajstić information content (AvgIpc) is 2.35. The Kier molecular flexibility index (Phi) is 5.32. The SMILES string of the molecule is CCN(CC(C)(C)CN)C(C)c1ccc(O)cc1F. The molecule has 0 aliphatic rings. The second-order valence-corrected chi connectivity index (χ2v) is 5.81. The highest BCUT2D eigenvalue weighted by molar-refractivity contribution is 5.29. The van der Waals surface area contributed by atoms with E-state index in [1.54, 1.807) is 6.07 Å². The molecule has 1 rings (SSSR count). The van der Waals surface area contributed by atoms with Crippen LogP contribution < -0.4 is 5.73 Å². The van der Waals surface area contributed by atoms with Gasteiger partial charge in [0.2, 0.25) is 0 Å². The Morgan fingerprint density at radius 1 is 1.42 bits per heavy atom. The van der Waals surface area contributed by atoms with Gasteiger partial charge in [-0.1, -0.05) is 26.8 Å². The second-order valence-electron chi connectivity index (χ2n) is 5.81. The van der Waals surface area contributed by atoms with E-state index in [-0.39, 0.29) is 23.0 Å². The fourth-order valence-corrected chi connectivity index (χ4v) is 2.19. The molecule has 3 N–H and O–H groups in total. The van der Waals surface area contributed by atoms with Gasteiger partial charge in [0.15, 0.2) is 0 Å². The summed E-state index contributed by atoms with van der Waals surface area (Å²) in [6, 6.07) is 4.29. The molecular formula is C15H25FN2O. The van der Waals surface area contributed by atoms with Gasteiger partial charge in [0.25, 0.3) is 0 Å². The first-order valence-electron chi connectivity index (χ1n) is 6.73. The molecule has 0 fully saturated rings. The number of hydrogen-bond donors (Lipinski definition) is 2. The van der Waals surface area contributed by atoms with E-state index in [2.05, 4.69) is 25.7 Å². The van der Waals surface area contributed by atoms with Gasteiger partial charge >= 0.3 is 0 Å². The fourth-order valence-electron chi connectivity index (χ4n) is 2.19. The minimum absolute atomic E-state index is 0.00232. The molecule has 108 valence electrons. The van der Waals surface area contributed by atoms with Crippen molar-refractivity contribution in [2.45, 2.75) is 33.7 Å². The third kappa shape index (κ3) is 4.18.